The number of nitrogens with one attached hydrogen (secondary N) is 2. The molecule has 2 aromatic heterocycles. The molecule has 3 heterocycles. The van der Waals surface area contributed by atoms with Gasteiger partial charge in [0, 0.05) is 37.6 Å². The van der Waals surface area contributed by atoms with Gasteiger partial charge >= 0.3 is 0 Å². The minimum atomic E-state index is -0.0640. The van der Waals surface area contributed by atoms with Gasteiger partial charge in [-0.15, -0.1) is 11.3 Å². The van der Waals surface area contributed by atoms with Crippen molar-refractivity contribution in [2.45, 2.75) is 32.2 Å². The van der Waals surface area contributed by atoms with E-state index < -0.39 is 0 Å². The molecule has 3 rings (SSSR count). The van der Waals surface area contributed by atoms with Crippen molar-refractivity contribution in [2.75, 3.05) is 13.1 Å². The zero-order chi connectivity index (χ0) is 16.4. The lowest BCUT2D eigenvalue weighted by atomic mass is 9.90. The molecule has 1 unspecified atom stereocenters. The molecule has 0 saturated carbocycles. The summed E-state index contributed by atoms with van der Waals surface area (Å²) >= 11 is 1.65. The molecule has 1 amide bonds. The molecule has 0 bridgehead atoms. The molecule has 1 aliphatic heterocycles. The van der Waals surface area contributed by atoms with Crippen LogP contribution < -0.4 is 10.6 Å². The SMILES string of the molecule is CCc1nc(C(C)NC(=O)[C@H]2CNC[C@@H]2c2cnn(C)c2)cs1. The highest BCUT2D eigenvalue weighted by Crippen LogP contribution is 2.28. The Morgan fingerprint density at radius 3 is 3.04 bits per heavy atom. The van der Waals surface area contributed by atoms with E-state index in [1.165, 1.54) is 0 Å². The van der Waals surface area contributed by atoms with E-state index >= 15 is 0 Å². The molecule has 2 N–H and O–H groups in total. The number of nitrogens with zero attached hydrogens (tertiary/aromatic N) is 3. The van der Waals surface area contributed by atoms with Gasteiger partial charge in [0.15, 0.2) is 0 Å². The molecule has 1 fully saturated rings. The number of hydrogen-bond donors (Lipinski definition) is 2. The van der Waals surface area contributed by atoms with Crippen LogP contribution in [0.3, 0.4) is 0 Å². The van der Waals surface area contributed by atoms with Gasteiger partial charge in [0.1, 0.15) is 0 Å². The first-order valence-corrected chi connectivity index (χ1v) is 8.90. The Morgan fingerprint density at radius 1 is 1.57 bits per heavy atom. The van der Waals surface area contributed by atoms with Crippen molar-refractivity contribution in [3.8, 4) is 0 Å². The molecule has 3 atom stereocenters. The lowest BCUT2D eigenvalue weighted by molar-refractivity contribution is -0.125. The van der Waals surface area contributed by atoms with Crippen molar-refractivity contribution in [3.63, 3.8) is 0 Å². The molecule has 23 heavy (non-hydrogen) atoms. The Hall–Kier alpha value is -1.73. The molecule has 1 saturated heterocycles. The van der Waals surface area contributed by atoms with Gasteiger partial charge < -0.3 is 10.6 Å². The molecule has 0 radical (unpaired) electrons. The van der Waals surface area contributed by atoms with Gasteiger partial charge in [-0.2, -0.15) is 5.10 Å². The number of aromatic nitrogens is 3. The fraction of sp³-hybridized carbons (Fsp3) is 0.562. The summed E-state index contributed by atoms with van der Waals surface area (Å²) in [6.07, 6.45) is 4.78. The second-order valence-electron chi connectivity index (χ2n) is 6.07. The fourth-order valence-electron chi connectivity index (χ4n) is 3.02. The summed E-state index contributed by atoms with van der Waals surface area (Å²) in [6.45, 7) is 5.60. The molecule has 1 aliphatic rings. The van der Waals surface area contributed by atoms with Crippen molar-refractivity contribution >= 4 is 17.2 Å². The van der Waals surface area contributed by atoms with Gasteiger partial charge in [-0.25, -0.2) is 4.98 Å². The van der Waals surface area contributed by atoms with Crippen molar-refractivity contribution in [1.29, 1.82) is 0 Å². The van der Waals surface area contributed by atoms with Gasteiger partial charge in [0.05, 0.1) is 28.9 Å². The highest BCUT2D eigenvalue weighted by atomic mass is 32.1. The standard InChI is InChI=1S/C16H23N5OS/c1-4-15-20-14(9-23-15)10(2)19-16(22)13-7-17-6-12(13)11-5-18-21(3)8-11/h5,8-10,12-13,17H,4,6-7H2,1-3H3,(H,19,22)/t10?,12-,13+/m1/s1. The monoisotopic (exact) mass is 333 g/mol. The minimum Gasteiger partial charge on any atom is -0.348 e. The van der Waals surface area contributed by atoms with Gasteiger partial charge in [-0.05, 0) is 18.9 Å². The molecular formula is C16H23N5OS. The number of thiazole rings is 1. The minimum absolute atomic E-state index is 0.0609. The summed E-state index contributed by atoms with van der Waals surface area (Å²) in [5.41, 5.74) is 2.07. The van der Waals surface area contributed by atoms with E-state index in [0.717, 1.165) is 29.2 Å². The number of carbonyl (C=O) groups is 1. The van der Waals surface area contributed by atoms with Crippen LogP contribution in [0.5, 0.6) is 0 Å². The summed E-state index contributed by atoms with van der Waals surface area (Å²) < 4.78 is 1.78. The summed E-state index contributed by atoms with van der Waals surface area (Å²) in [5.74, 6) is 0.200. The molecular weight excluding hydrogens is 310 g/mol. The maximum absolute atomic E-state index is 12.7. The first-order valence-electron chi connectivity index (χ1n) is 8.02. The van der Waals surface area contributed by atoms with E-state index in [0.29, 0.717) is 6.54 Å². The topological polar surface area (TPSA) is 71.8 Å². The van der Waals surface area contributed by atoms with E-state index in [1.807, 2.05) is 31.7 Å². The number of amides is 1. The Kier molecular flexibility index (Phi) is 4.77. The molecule has 0 aliphatic carbocycles. The van der Waals surface area contributed by atoms with Gasteiger partial charge in [-0.3, -0.25) is 9.48 Å². The highest BCUT2D eigenvalue weighted by molar-refractivity contribution is 7.09. The van der Waals surface area contributed by atoms with E-state index in [-0.39, 0.29) is 23.8 Å². The normalized spacial score (nSPS) is 22.2. The van der Waals surface area contributed by atoms with Crippen molar-refractivity contribution < 1.29 is 4.79 Å². The third-order valence-electron chi connectivity index (χ3n) is 4.38. The zero-order valence-corrected chi connectivity index (χ0v) is 14.6. The highest BCUT2D eigenvalue weighted by Gasteiger charge is 2.35. The van der Waals surface area contributed by atoms with Crippen LogP contribution in [-0.2, 0) is 18.3 Å². The van der Waals surface area contributed by atoms with Crippen molar-refractivity contribution in [3.05, 3.63) is 34.0 Å². The Labute approximate surface area is 140 Å². The summed E-state index contributed by atoms with van der Waals surface area (Å²) in [7, 11) is 1.90. The van der Waals surface area contributed by atoms with E-state index in [1.54, 1.807) is 16.0 Å². The second-order valence-corrected chi connectivity index (χ2v) is 7.01. The Balaban J connectivity index is 1.67. The smallest absolute Gasteiger partial charge is 0.225 e. The molecule has 0 spiro atoms. The number of carbonyl (C=O) groups excluding carboxylic acids is 1. The first kappa shape index (κ1) is 16.1. The average molecular weight is 333 g/mol. The van der Waals surface area contributed by atoms with Crippen LogP contribution in [0.1, 0.15) is 42.1 Å². The van der Waals surface area contributed by atoms with Crippen LogP contribution in [0.4, 0.5) is 0 Å². The largest absolute Gasteiger partial charge is 0.348 e. The summed E-state index contributed by atoms with van der Waals surface area (Å²) in [6, 6.07) is -0.0609. The molecule has 7 heteroatoms. The summed E-state index contributed by atoms with van der Waals surface area (Å²) in [4.78, 5) is 17.3. The lowest BCUT2D eigenvalue weighted by Gasteiger charge is -2.19. The zero-order valence-electron chi connectivity index (χ0n) is 13.7. The third kappa shape index (κ3) is 3.45. The fourth-order valence-corrected chi connectivity index (χ4v) is 3.86. The second kappa shape index (κ2) is 6.80. The van der Waals surface area contributed by atoms with Crippen LogP contribution in [0.25, 0.3) is 0 Å². The molecule has 124 valence electrons. The Morgan fingerprint density at radius 2 is 2.39 bits per heavy atom. The van der Waals surface area contributed by atoms with Crippen LogP contribution in [0.2, 0.25) is 0 Å². The number of rotatable bonds is 5. The van der Waals surface area contributed by atoms with E-state index in [2.05, 4.69) is 27.6 Å². The van der Waals surface area contributed by atoms with Crippen LogP contribution in [0, 0.1) is 5.92 Å². The number of aryl methyl sites for hydroxylation is 2. The maximum atomic E-state index is 12.7. The summed E-state index contributed by atoms with van der Waals surface area (Å²) in [5, 5.41) is 13.8. The molecule has 2 aromatic rings. The molecule has 0 aromatic carbocycles. The van der Waals surface area contributed by atoms with Gasteiger partial charge in [0.2, 0.25) is 5.91 Å². The van der Waals surface area contributed by atoms with E-state index in [4.69, 9.17) is 0 Å². The van der Waals surface area contributed by atoms with Crippen molar-refractivity contribution in [2.24, 2.45) is 13.0 Å². The predicted molar refractivity (Wildman–Crippen MR) is 90.4 cm³/mol. The quantitative estimate of drug-likeness (QED) is 0.872. The van der Waals surface area contributed by atoms with Gasteiger partial charge in [-0.1, -0.05) is 6.92 Å². The molecule has 6 nitrogen and oxygen atoms in total. The lowest BCUT2D eigenvalue weighted by Crippen LogP contribution is -2.36. The van der Waals surface area contributed by atoms with Crippen molar-refractivity contribution in [1.82, 2.24) is 25.4 Å². The van der Waals surface area contributed by atoms with Gasteiger partial charge in [0.25, 0.3) is 0 Å². The Bertz CT molecular complexity index is 680. The van der Waals surface area contributed by atoms with E-state index in [9.17, 15) is 4.79 Å². The third-order valence-corrected chi connectivity index (χ3v) is 5.39. The number of hydrogen-bond acceptors (Lipinski definition) is 5. The maximum Gasteiger partial charge on any atom is 0.225 e. The predicted octanol–water partition coefficient (Wildman–Crippen LogP) is 1.62. The average Bonchev–Trinajstić information content (AvgIpc) is 3.26. The van der Waals surface area contributed by atoms with Crippen LogP contribution in [0.15, 0.2) is 17.8 Å². The first-order chi connectivity index (χ1) is 11.1. The van der Waals surface area contributed by atoms with Crippen LogP contribution >= 0.6 is 11.3 Å². The van der Waals surface area contributed by atoms with Crippen LogP contribution in [-0.4, -0.2) is 33.8 Å².